The maximum atomic E-state index is 5.93. The highest BCUT2D eigenvalue weighted by molar-refractivity contribution is 7.13. The molecule has 108 valence electrons. The zero-order valence-electron chi connectivity index (χ0n) is 11.7. The smallest absolute Gasteiger partial charge is 0.231 e. The van der Waals surface area contributed by atoms with Gasteiger partial charge in [-0.3, -0.25) is 0 Å². The minimum atomic E-state index is 0.340. The van der Waals surface area contributed by atoms with E-state index in [9.17, 15) is 0 Å². The van der Waals surface area contributed by atoms with Gasteiger partial charge in [-0.15, -0.1) is 11.3 Å². The van der Waals surface area contributed by atoms with Crippen LogP contribution in [0.5, 0.6) is 5.75 Å². The van der Waals surface area contributed by atoms with Gasteiger partial charge >= 0.3 is 0 Å². The van der Waals surface area contributed by atoms with Crippen molar-refractivity contribution in [3.8, 4) is 27.4 Å². The summed E-state index contributed by atoms with van der Waals surface area (Å²) in [6.45, 7) is 2.78. The summed E-state index contributed by atoms with van der Waals surface area (Å²) in [6.07, 6.45) is 0.974. The van der Waals surface area contributed by atoms with E-state index in [2.05, 4.69) is 12.1 Å². The van der Waals surface area contributed by atoms with Crippen LogP contribution in [0, 0.1) is 0 Å². The van der Waals surface area contributed by atoms with E-state index in [0.717, 1.165) is 33.9 Å². The van der Waals surface area contributed by atoms with Crippen LogP contribution in [0.15, 0.2) is 46.3 Å². The topological polar surface area (TPSA) is 61.3 Å². The maximum absolute atomic E-state index is 5.93. The number of hydrogen-bond acceptors (Lipinski definition) is 5. The van der Waals surface area contributed by atoms with Crippen molar-refractivity contribution in [2.24, 2.45) is 0 Å². The molecular weight excluding hydrogens is 284 g/mol. The summed E-state index contributed by atoms with van der Waals surface area (Å²) in [6, 6.07) is 11.8. The van der Waals surface area contributed by atoms with E-state index in [4.69, 9.17) is 15.0 Å². The second kappa shape index (κ2) is 6.01. The maximum Gasteiger partial charge on any atom is 0.231 e. The van der Waals surface area contributed by atoms with Crippen LogP contribution in [0.25, 0.3) is 21.7 Å². The summed E-state index contributed by atoms with van der Waals surface area (Å²) in [5, 5.41) is 6.12. The Morgan fingerprint density at radius 2 is 2.19 bits per heavy atom. The summed E-state index contributed by atoms with van der Waals surface area (Å²) in [7, 11) is 0. The van der Waals surface area contributed by atoms with Crippen LogP contribution in [-0.2, 0) is 0 Å². The fraction of sp³-hybridized carbons (Fsp3) is 0.188. The number of rotatable bonds is 5. The molecule has 0 spiro atoms. The van der Waals surface area contributed by atoms with Gasteiger partial charge in [0.25, 0.3) is 0 Å². The normalized spacial score (nSPS) is 10.7. The fourth-order valence-corrected chi connectivity index (χ4v) is 2.89. The zero-order chi connectivity index (χ0) is 14.7. The number of thiophene rings is 1. The van der Waals surface area contributed by atoms with Crippen molar-refractivity contribution in [2.75, 3.05) is 12.3 Å². The number of anilines is 1. The second-order valence-corrected chi connectivity index (χ2v) is 5.57. The van der Waals surface area contributed by atoms with Crippen molar-refractivity contribution in [1.29, 1.82) is 0 Å². The van der Waals surface area contributed by atoms with Crippen LogP contribution >= 0.6 is 11.3 Å². The number of aromatic nitrogens is 1. The molecule has 21 heavy (non-hydrogen) atoms. The predicted molar refractivity (Wildman–Crippen MR) is 85.5 cm³/mol. The van der Waals surface area contributed by atoms with Crippen LogP contribution in [0.1, 0.15) is 13.3 Å². The molecule has 2 N–H and O–H groups in total. The van der Waals surface area contributed by atoms with E-state index >= 15 is 0 Å². The standard InChI is InChI=1S/C16H16N2O2S/c1-2-8-19-12-6-3-5-11(10-12)15-14(16(17)20-18-15)13-7-4-9-21-13/h3-7,9-10H,2,8,17H2,1H3. The van der Waals surface area contributed by atoms with Crippen LogP contribution in [0.2, 0.25) is 0 Å². The monoisotopic (exact) mass is 300 g/mol. The number of nitrogens with two attached hydrogens (primary N) is 1. The molecule has 0 bridgehead atoms. The van der Waals surface area contributed by atoms with Gasteiger partial charge < -0.3 is 15.0 Å². The Morgan fingerprint density at radius 3 is 2.95 bits per heavy atom. The highest BCUT2D eigenvalue weighted by Crippen LogP contribution is 2.39. The number of nitrogens with zero attached hydrogens (tertiary/aromatic N) is 1. The minimum absolute atomic E-state index is 0.340. The summed E-state index contributed by atoms with van der Waals surface area (Å²) in [5.41, 5.74) is 8.46. The molecule has 3 aromatic rings. The van der Waals surface area contributed by atoms with Crippen molar-refractivity contribution in [2.45, 2.75) is 13.3 Å². The lowest BCUT2D eigenvalue weighted by atomic mass is 10.1. The van der Waals surface area contributed by atoms with Crippen molar-refractivity contribution < 1.29 is 9.26 Å². The molecule has 0 aliphatic heterocycles. The van der Waals surface area contributed by atoms with Crippen LogP contribution in [-0.4, -0.2) is 11.8 Å². The zero-order valence-corrected chi connectivity index (χ0v) is 12.5. The van der Waals surface area contributed by atoms with Crippen molar-refractivity contribution in [3.05, 3.63) is 41.8 Å². The summed E-state index contributed by atoms with van der Waals surface area (Å²) >= 11 is 1.61. The number of hydrogen-bond donors (Lipinski definition) is 1. The first-order valence-corrected chi connectivity index (χ1v) is 7.70. The Bertz CT molecular complexity index is 720. The molecule has 0 unspecified atom stereocenters. The van der Waals surface area contributed by atoms with Gasteiger partial charge in [0, 0.05) is 10.4 Å². The molecule has 0 saturated heterocycles. The Kier molecular flexibility index (Phi) is 3.92. The first-order valence-electron chi connectivity index (χ1n) is 6.82. The summed E-state index contributed by atoms with van der Waals surface area (Å²) in [5.74, 6) is 1.17. The lowest BCUT2D eigenvalue weighted by Gasteiger charge is -2.06. The van der Waals surface area contributed by atoms with Crippen LogP contribution in [0.4, 0.5) is 5.88 Å². The predicted octanol–water partition coefficient (Wildman–Crippen LogP) is 4.44. The van der Waals surface area contributed by atoms with Crippen molar-refractivity contribution in [1.82, 2.24) is 5.16 Å². The van der Waals surface area contributed by atoms with Gasteiger partial charge in [-0.1, -0.05) is 30.3 Å². The van der Waals surface area contributed by atoms with Gasteiger partial charge in [0.15, 0.2) is 0 Å². The van der Waals surface area contributed by atoms with Gasteiger partial charge in [0.2, 0.25) is 5.88 Å². The van der Waals surface area contributed by atoms with E-state index in [0.29, 0.717) is 12.5 Å². The number of ether oxygens (including phenoxy) is 1. The number of benzene rings is 1. The number of nitrogen functional groups attached to an aromatic ring is 1. The molecule has 3 rings (SSSR count). The molecule has 1 aromatic carbocycles. The SMILES string of the molecule is CCCOc1cccc(-c2noc(N)c2-c2cccs2)c1. The highest BCUT2D eigenvalue weighted by atomic mass is 32.1. The molecule has 0 amide bonds. The quantitative estimate of drug-likeness (QED) is 0.756. The molecule has 2 heterocycles. The molecule has 0 fully saturated rings. The van der Waals surface area contributed by atoms with Crippen molar-refractivity contribution in [3.63, 3.8) is 0 Å². The van der Waals surface area contributed by atoms with Gasteiger partial charge in [0.1, 0.15) is 11.4 Å². The Labute approximate surface area is 127 Å². The fourth-order valence-electron chi connectivity index (χ4n) is 2.11. The molecule has 0 radical (unpaired) electrons. The lowest BCUT2D eigenvalue weighted by molar-refractivity contribution is 0.317. The third kappa shape index (κ3) is 2.78. The second-order valence-electron chi connectivity index (χ2n) is 4.62. The Balaban J connectivity index is 2.01. The van der Waals surface area contributed by atoms with Gasteiger partial charge in [0.05, 0.1) is 12.2 Å². The van der Waals surface area contributed by atoms with Crippen LogP contribution < -0.4 is 10.5 Å². The lowest BCUT2D eigenvalue weighted by Crippen LogP contribution is -1.95. The highest BCUT2D eigenvalue weighted by Gasteiger charge is 2.18. The summed E-state index contributed by atoms with van der Waals surface area (Å²) in [4.78, 5) is 1.05. The van der Waals surface area contributed by atoms with Gasteiger partial charge in [-0.2, -0.15) is 0 Å². The van der Waals surface area contributed by atoms with E-state index in [-0.39, 0.29) is 0 Å². The molecular formula is C16H16N2O2S. The summed E-state index contributed by atoms with van der Waals surface area (Å²) < 4.78 is 10.9. The third-order valence-electron chi connectivity index (χ3n) is 3.07. The van der Waals surface area contributed by atoms with E-state index in [1.54, 1.807) is 11.3 Å². The van der Waals surface area contributed by atoms with E-state index in [1.165, 1.54) is 0 Å². The molecule has 0 aliphatic rings. The first-order chi connectivity index (χ1) is 10.3. The molecule has 5 heteroatoms. The molecule has 0 saturated carbocycles. The minimum Gasteiger partial charge on any atom is -0.494 e. The Morgan fingerprint density at radius 1 is 1.29 bits per heavy atom. The van der Waals surface area contributed by atoms with Gasteiger partial charge in [-0.25, -0.2) is 0 Å². The molecule has 2 aromatic heterocycles. The van der Waals surface area contributed by atoms with E-state index in [1.807, 2.05) is 41.8 Å². The van der Waals surface area contributed by atoms with Crippen molar-refractivity contribution >= 4 is 17.2 Å². The largest absolute Gasteiger partial charge is 0.494 e. The average Bonchev–Trinajstić information content (AvgIpc) is 3.14. The molecule has 0 atom stereocenters. The van der Waals surface area contributed by atoms with Gasteiger partial charge in [-0.05, 0) is 30.0 Å². The Hall–Kier alpha value is -2.27. The van der Waals surface area contributed by atoms with Crippen LogP contribution in [0.3, 0.4) is 0 Å². The third-order valence-corrected chi connectivity index (χ3v) is 3.95. The first kappa shape index (κ1) is 13.7. The molecule has 4 nitrogen and oxygen atoms in total. The average molecular weight is 300 g/mol. The molecule has 0 aliphatic carbocycles. The van der Waals surface area contributed by atoms with E-state index < -0.39 is 0 Å².